The average molecular weight is 764 g/mol. The molecule has 7 nitrogen and oxygen atoms in total. The summed E-state index contributed by atoms with van der Waals surface area (Å²) in [5.41, 5.74) is 7.48. The molecule has 3 N–H and O–H groups in total. The van der Waals surface area contributed by atoms with Crippen LogP contribution in [0.25, 0.3) is 21.9 Å². The summed E-state index contributed by atoms with van der Waals surface area (Å²) < 4.78 is 13.7. The SMILES string of the molecule is CC1C(CN(C)C(C)c2ccc3ccccc3c2)OC(c2ccc(-c3cccc(CNC(=O)NC45CC6CC(CC(C6)C4)C5)c3)cc2)OC1c1ccc(CO)cc1. The molecule has 5 aromatic rings. The second kappa shape index (κ2) is 16.0. The number of carbonyl (C=O) groups is 1. The highest BCUT2D eigenvalue weighted by Gasteiger charge is 2.51. The van der Waals surface area contributed by atoms with E-state index in [1.165, 1.54) is 35.6 Å². The van der Waals surface area contributed by atoms with Gasteiger partial charge in [-0.15, -0.1) is 0 Å². The van der Waals surface area contributed by atoms with Gasteiger partial charge in [0.2, 0.25) is 0 Å². The number of nitrogens with zero attached hydrogens (tertiary/aromatic N) is 1. The second-order valence-electron chi connectivity index (χ2n) is 17.9. The minimum atomic E-state index is -0.546. The maximum atomic E-state index is 13.2. The lowest BCUT2D eigenvalue weighted by Crippen LogP contribution is -2.61. The lowest BCUT2D eigenvalue weighted by atomic mass is 9.53. The first-order chi connectivity index (χ1) is 27.7. The summed E-state index contributed by atoms with van der Waals surface area (Å²) in [6, 6.07) is 40.5. The Balaban J connectivity index is 0.884. The van der Waals surface area contributed by atoms with Crippen molar-refractivity contribution < 1.29 is 19.4 Å². The molecule has 2 amide bonds. The van der Waals surface area contributed by atoms with Crippen LogP contribution in [0.2, 0.25) is 0 Å². The molecule has 5 unspecified atom stereocenters. The third-order valence-electron chi connectivity index (χ3n) is 13.8. The molecule has 4 bridgehead atoms. The summed E-state index contributed by atoms with van der Waals surface area (Å²) in [4.78, 5) is 15.6. The number of urea groups is 1. The fraction of sp³-hybridized carbons (Fsp3) is 0.420. The molecular weight excluding hydrogens is 707 g/mol. The quantitative estimate of drug-likeness (QED) is 0.125. The molecule has 5 fully saturated rings. The van der Waals surface area contributed by atoms with Crippen molar-refractivity contribution in [2.24, 2.45) is 23.7 Å². The predicted molar refractivity (Wildman–Crippen MR) is 226 cm³/mol. The smallest absolute Gasteiger partial charge is 0.315 e. The van der Waals surface area contributed by atoms with Crippen molar-refractivity contribution in [2.75, 3.05) is 13.6 Å². The standard InChI is InChI=1S/C50H57N3O4/c1-32-46(30-53(3)33(2)43-20-17-39-8-4-5-9-45(39)25-43)56-48(57-47(32)41-13-11-34(31-54)12-14-41)42-18-15-40(16-19-42)44-10-6-7-35(24-44)29-51-49(55)52-50-26-36-21-37(27-50)23-38(22-36)28-50/h4-20,24-25,32-33,36-38,46-48,54H,21-23,26-31H2,1-3H3,(H2,51,52,55). The monoisotopic (exact) mass is 763 g/mol. The molecule has 57 heavy (non-hydrogen) atoms. The average Bonchev–Trinajstić information content (AvgIpc) is 3.22. The van der Waals surface area contributed by atoms with Crippen LogP contribution in [-0.2, 0) is 22.6 Å². The maximum absolute atomic E-state index is 13.2. The van der Waals surface area contributed by atoms with E-state index in [-0.39, 0.29) is 42.3 Å². The highest BCUT2D eigenvalue weighted by Crippen LogP contribution is 2.55. The number of fused-ring (bicyclic) bond motifs is 1. The van der Waals surface area contributed by atoms with Gasteiger partial charge in [-0.3, -0.25) is 4.90 Å². The fourth-order valence-electron chi connectivity index (χ4n) is 10.9. The summed E-state index contributed by atoms with van der Waals surface area (Å²) in [6.07, 6.45) is 6.71. The van der Waals surface area contributed by atoms with Gasteiger partial charge in [-0.1, -0.05) is 110 Å². The van der Waals surface area contributed by atoms with E-state index in [0.717, 1.165) is 76.9 Å². The van der Waals surface area contributed by atoms with Crippen LogP contribution in [0.5, 0.6) is 0 Å². The van der Waals surface area contributed by atoms with E-state index in [1.807, 2.05) is 12.1 Å². The normalized spacial score (nSPS) is 28.4. The van der Waals surface area contributed by atoms with E-state index in [1.54, 1.807) is 0 Å². The number of aliphatic hydroxyl groups is 1. The van der Waals surface area contributed by atoms with Gasteiger partial charge in [0, 0.05) is 36.2 Å². The maximum Gasteiger partial charge on any atom is 0.315 e. The van der Waals surface area contributed by atoms with Crippen molar-refractivity contribution in [3.05, 3.63) is 143 Å². The van der Waals surface area contributed by atoms with E-state index >= 15 is 0 Å². The summed E-state index contributed by atoms with van der Waals surface area (Å²) in [5.74, 6) is 2.47. The van der Waals surface area contributed by atoms with Crippen LogP contribution in [0.1, 0.15) is 98.6 Å². The van der Waals surface area contributed by atoms with Gasteiger partial charge in [0.1, 0.15) is 0 Å². The Labute approximate surface area is 337 Å². The molecule has 296 valence electrons. The number of ether oxygens (including phenoxy) is 2. The van der Waals surface area contributed by atoms with Gasteiger partial charge in [0.15, 0.2) is 6.29 Å². The number of hydrogen-bond donors (Lipinski definition) is 3. The van der Waals surface area contributed by atoms with Gasteiger partial charge in [-0.2, -0.15) is 0 Å². The number of benzene rings is 5. The summed E-state index contributed by atoms with van der Waals surface area (Å²) in [7, 11) is 2.18. The molecule has 1 saturated heterocycles. The lowest BCUT2D eigenvalue weighted by molar-refractivity contribution is -0.276. The summed E-state index contributed by atoms with van der Waals surface area (Å²) in [5, 5.41) is 18.8. The predicted octanol–water partition coefficient (Wildman–Crippen LogP) is 10.3. The molecular formula is C50H57N3O4. The van der Waals surface area contributed by atoms with E-state index < -0.39 is 6.29 Å². The van der Waals surface area contributed by atoms with Crippen molar-refractivity contribution in [3.8, 4) is 11.1 Å². The van der Waals surface area contributed by atoms with Crippen LogP contribution in [0, 0.1) is 23.7 Å². The number of carbonyl (C=O) groups excluding carboxylic acids is 1. The second-order valence-corrected chi connectivity index (χ2v) is 17.9. The molecule has 5 aliphatic rings. The number of amides is 2. The first kappa shape index (κ1) is 38.0. The Bertz CT molecular complexity index is 2150. The largest absolute Gasteiger partial charge is 0.392 e. The van der Waals surface area contributed by atoms with E-state index in [4.69, 9.17) is 9.47 Å². The highest BCUT2D eigenvalue weighted by atomic mass is 16.7. The van der Waals surface area contributed by atoms with Crippen LogP contribution in [0.15, 0.2) is 115 Å². The van der Waals surface area contributed by atoms with Gasteiger partial charge in [0.25, 0.3) is 0 Å². The van der Waals surface area contributed by atoms with Crippen molar-refractivity contribution in [1.82, 2.24) is 15.5 Å². The molecule has 0 spiro atoms. The number of likely N-dealkylation sites (N-methyl/N-ethyl adjacent to an activating group) is 1. The van der Waals surface area contributed by atoms with E-state index in [0.29, 0.717) is 6.54 Å². The summed E-state index contributed by atoms with van der Waals surface area (Å²) in [6.45, 7) is 5.72. The van der Waals surface area contributed by atoms with Gasteiger partial charge < -0.3 is 25.2 Å². The zero-order valence-corrected chi connectivity index (χ0v) is 33.6. The first-order valence-electron chi connectivity index (χ1n) is 21.2. The molecule has 1 heterocycles. The molecule has 0 radical (unpaired) electrons. The van der Waals surface area contributed by atoms with Gasteiger partial charge in [0.05, 0.1) is 18.8 Å². The van der Waals surface area contributed by atoms with Crippen LogP contribution < -0.4 is 10.6 Å². The summed E-state index contributed by atoms with van der Waals surface area (Å²) >= 11 is 0. The van der Waals surface area contributed by atoms with Crippen molar-refractivity contribution in [1.29, 1.82) is 0 Å². The Morgan fingerprint density at radius 2 is 1.46 bits per heavy atom. The van der Waals surface area contributed by atoms with Crippen LogP contribution in [-0.4, -0.2) is 41.3 Å². The molecule has 4 aliphatic carbocycles. The molecule has 4 saturated carbocycles. The van der Waals surface area contributed by atoms with Gasteiger partial charge in [-0.25, -0.2) is 4.79 Å². The number of rotatable bonds is 11. The van der Waals surface area contributed by atoms with Crippen molar-refractivity contribution in [2.45, 2.75) is 95.6 Å². The van der Waals surface area contributed by atoms with Crippen molar-refractivity contribution in [3.63, 3.8) is 0 Å². The third-order valence-corrected chi connectivity index (χ3v) is 13.8. The Morgan fingerprint density at radius 1 is 0.772 bits per heavy atom. The van der Waals surface area contributed by atoms with E-state index in [2.05, 4.69) is 140 Å². The molecule has 10 rings (SSSR count). The Kier molecular flexibility index (Phi) is 10.7. The zero-order valence-electron chi connectivity index (χ0n) is 33.6. The molecule has 7 heteroatoms. The van der Waals surface area contributed by atoms with Crippen LogP contribution in [0.4, 0.5) is 4.79 Å². The lowest BCUT2D eigenvalue weighted by Gasteiger charge is -2.56. The minimum absolute atomic E-state index is 0.00301. The molecule has 5 atom stereocenters. The van der Waals surface area contributed by atoms with Gasteiger partial charge >= 0.3 is 6.03 Å². The number of nitrogens with one attached hydrogen (secondary N) is 2. The van der Waals surface area contributed by atoms with Crippen LogP contribution >= 0.6 is 0 Å². The third kappa shape index (κ3) is 8.13. The Hall–Kier alpha value is -4.53. The zero-order chi connectivity index (χ0) is 39.1. The Morgan fingerprint density at radius 3 is 2.16 bits per heavy atom. The fourth-order valence-corrected chi connectivity index (χ4v) is 10.9. The van der Waals surface area contributed by atoms with Crippen molar-refractivity contribution >= 4 is 16.8 Å². The molecule has 0 aromatic heterocycles. The molecule has 5 aromatic carbocycles. The van der Waals surface area contributed by atoms with E-state index in [9.17, 15) is 9.90 Å². The number of aliphatic hydroxyl groups excluding tert-OH is 1. The highest BCUT2D eigenvalue weighted by molar-refractivity contribution is 5.83. The molecule has 1 aliphatic heterocycles. The first-order valence-corrected chi connectivity index (χ1v) is 21.2. The number of hydrogen-bond acceptors (Lipinski definition) is 5. The minimum Gasteiger partial charge on any atom is -0.392 e. The topological polar surface area (TPSA) is 83.1 Å². The van der Waals surface area contributed by atoms with Gasteiger partial charge in [-0.05, 0) is 127 Å². The van der Waals surface area contributed by atoms with Crippen LogP contribution in [0.3, 0.4) is 0 Å².